The summed E-state index contributed by atoms with van der Waals surface area (Å²) in [4.78, 5) is 4.41. The Morgan fingerprint density at radius 3 is 2.38 bits per heavy atom. The Hall–Kier alpha value is -2.58. The number of halogens is 1. The number of hydrogen-bond donors (Lipinski definition) is 0. The van der Waals surface area contributed by atoms with Gasteiger partial charge in [0.1, 0.15) is 18.2 Å². The lowest BCUT2D eigenvalue weighted by molar-refractivity contribution is 0.200. The maximum Gasteiger partial charge on any atom is 0.146 e. The zero-order chi connectivity index (χ0) is 16.8. The minimum Gasteiger partial charge on any atom is -0.492 e. The highest BCUT2D eigenvalue weighted by Gasteiger charge is 2.18. The molecule has 1 heterocycles. The van der Waals surface area contributed by atoms with Gasteiger partial charge < -0.3 is 9.64 Å². The minimum absolute atomic E-state index is 0.157. The van der Waals surface area contributed by atoms with E-state index in [0.29, 0.717) is 17.9 Å². The lowest BCUT2D eigenvalue weighted by Crippen LogP contribution is -2.47. The first-order chi connectivity index (χ1) is 11.8. The van der Waals surface area contributed by atoms with Crippen molar-refractivity contribution in [1.82, 2.24) is 4.90 Å². The topological polar surface area (TPSA) is 39.5 Å². The van der Waals surface area contributed by atoms with E-state index in [0.717, 1.165) is 38.5 Å². The number of benzene rings is 2. The minimum atomic E-state index is -0.157. The highest BCUT2D eigenvalue weighted by molar-refractivity contribution is 5.48. The number of nitrogens with zero attached hydrogens (tertiary/aromatic N) is 3. The Bertz CT molecular complexity index is 703. The summed E-state index contributed by atoms with van der Waals surface area (Å²) < 4.78 is 19.5. The molecule has 0 radical (unpaired) electrons. The molecule has 2 aromatic carbocycles. The van der Waals surface area contributed by atoms with Crippen LogP contribution in [0.15, 0.2) is 48.5 Å². The molecule has 3 rings (SSSR count). The maximum atomic E-state index is 13.8. The molecule has 124 valence electrons. The van der Waals surface area contributed by atoms with Crippen molar-refractivity contribution in [3.05, 3.63) is 59.9 Å². The van der Waals surface area contributed by atoms with Gasteiger partial charge in [-0.1, -0.05) is 12.1 Å². The van der Waals surface area contributed by atoms with Crippen molar-refractivity contribution in [2.75, 3.05) is 44.2 Å². The maximum absolute atomic E-state index is 13.8. The summed E-state index contributed by atoms with van der Waals surface area (Å²) in [5.74, 6) is 0.620. The first-order valence-electron chi connectivity index (χ1n) is 8.11. The Morgan fingerprint density at radius 2 is 1.71 bits per heavy atom. The van der Waals surface area contributed by atoms with Gasteiger partial charge in [-0.2, -0.15) is 5.26 Å². The van der Waals surface area contributed by atoms with Crippen LogP contribution in [-0.4, -0.2) is 44.2 Å². The van der Waals surface area contributed by atoms with Crippen molar-refractivity contribution in [3.63, 3.8) is 0 Å². The number of piperazine rings is 1. The fourth-order valence-electron chi connectivity index (χ4n) is 2.84. The normalized spacial score (nSPS) is 15.1. The third kappa shape index (κ3) is 4.03. The van der Waals surface area contributed by atoms with Crippen LogP contribution < -0.4 is 9.64 Å². The molecule has 2 aromatic rings. The number of rotatable bonds is 5. The zero-order valence-electron chi connectivity index (χ0n) is 13.5. The number of anilines is 1. The monoisotopic (exact) mass is 325 g/mol. The van der Waals surface area contributed by atoms with Gasteiger partial charge in [-0.3, -0.25) is 4.90 Å². The van der Waals surface area contributed by atoms with Gasteiger partial charge in [0.25, 0.3) is 0 Å². The second kappa shape index (κ2) is 7.80. The van der Waals surface area contributed by atoms with E-state index in [4.69, 9.17) is 10.00 Å². The third-order valence-corrected chi connectivity index (χ3v) is 4.23. The van der Waals surface area contributed by atoms with Crippen molar-refractivity contribution < 1.29 is 9.13 Å². The quantitative estimate of drug-likeness (QED) is 0.847. The Balaban J connectivity index is 1.42. The van der Waals surface area contributed by atoms with E-state index in [1.54, 1.807) is 18.2 Å². The lowest BCUT2D eigenvalue weighted by Gasteiger charge is -2.36. The van der Waals surface area contributed by atoms with Crippen molar-refractivity contribution >= 4 is 5.69 Å². The average molecular weight is 325 g/mol. The zero-order valence-corrected chi connectivity index (χ0v) is 13.5. The first-order valence-corrected chi connectivity index (χ1v) is 8.11. The van der Waals surface area contributed by atoms with E-state index < -0.39 is 0 Å². The number of para-hydroxylation sites is 1. The molecule has 0 amide bonds. The number of hydrogen-bond acceptors (Lipinski definition) is 4. The molecule has 1 aliphatic heterocycles. The molecule has 0 bridgehead atoms. The highest BCUT2D eigenvalue weighted by Crippen LogP contribution is 2.20. The van der Waals surface area contributed by atoms with Gasteiger partial charge in [0.2, 0.25) is 0 Å². The molecule has 1 saturated heterocycles. The predicted octanol–water partition coefficient (Wildman–Crippen LogP) is 2.90. The molecular weight excluding hydrogens is 305 g/mol. The van der Waals surface area contributed by atoms with Gasteiger partial charge in [0.15, 0.2) is 0 Å². The third-order valence-electron chi connectivity index (χ3n) is 4.23. The number of nitriles is 1. The SMILES string of the molecule is N#Cc1ccc(OCCN2CCN(c3ccccc3F)CC2)cc1. The second-order valence-corrected chi connectivity index (χ2v) is 5.76. The van der Waals surface area contributed by atoms with E-state index in [-0.39, 0.29) is 5.82 Å². The molecule has 0 atom stereocenters. The summed E-state index contributed by atoms with van der Waals surface area (Å²) in [5, 5.41) is 8.77. The van der Waals surface area contributed by atoms with Crippen molar-refractivity contribution in [3.8, 4) is 11.8 Å². The van der Waals surface area contributed by atoms with Crippen LogP contribution in [0.25, 0.3) is 0 Å². The van der Waals surface area contributed by atoms with Gasteiger partial charge >= 0.3 is 0 Å². The largest absolute Gasteiger partial charge is 0.492 e. The van der Waals surface area contributed by atoms with E-state index in [2.05, 4.69) is 15.9 Å². The Kier molecular flexibility index (Phi) is 5.29. The molecule has 0 saturated carbocycles. The molecule has 0 spiro atoms. The van der Waals surface area contributed by atoms with E-state index in [9.17, 15) is 4.39 Å². The van der Waals surface area contributed by atoms with Crippen LogP contribution >= 0.6 is 0 Å². The molecule has 24 heavy (non-hydrogen) atoms. The molecule has 1 aliphatic rings. The van der Waals surface area contributed by atoms with Crippen LogP contribution in [0.2, 0.25) is 0 Å². The predicted molar refractivity (Wildman–Crippen MR) is 91.7 cm³/mol. The summed E-state index contributed by atoms with van der Waals surface area (Å²) in [7, 11) is 0. The molecule has 4 nitrogen and oxygen atoms in total. The van der Waals surface area contributed by atoms with Gasteiger partial charge in [-0.15, -0.1) is 0 Å². The summed E-state index contributed by atoms with van der Waals surface area (Å²) >= 11 is 0. The molecular formula is C19H20FN3O. The summed E-state index contributed by atoms with van der Waals surface area (Å²) in [6, 6.07) is 16.2. The van der Waals surface area contributed by atoms with E-state index in [1.165, 1.54) is 6.07 Å². The van der Waals surface area contributed by atoms with Crippen molar-refractivity contribution in [1.29, 1.82) is 5.26 Å². The molecule has 0 aliphatic carbocycles. The summed E-state index contributed by atoms with van der Waals surface area (Å²) in [6.07, 6.45) is 0. The Morgan fingerprint density at radius 1 is 1.00 bits per heavy atom. The van der Waals surface area contributed by atoms with Crippen LogP contribution in [0.5, 0.6) is 5.75 Å². The van der Waals surface area contributed by atoms with Crippen LogP contribution in [0.4, 0.5) is 10.1 Å². The van der Waals surface area contributed by atoms with E-state index in [1.807, 2.05) is 24.3 Å². The lowest BCUT2D eigenvalue weighted by atomic mass is 10.2. The molecule has 5 heteroatoms. The molecule has 0 aromatic heterocycles. The first kappa shape index (κ1) is 16.3. The van der Waals surface area contributed by atoms with Crippen LogP contribution in [0.1, 0.15) is 5.56 Å². The highest BCUT2D eigenvalue weighted by atomic mass is 19.1. The fourth-order valence-corrected chi connectivity index (χ4v) is 2.84. The van der Waals surface area contributed by atoms with Gasteiger partial charge in [-0.05, 0) is 36.4 Å². The van der Waals surface area contributed by atoms with Gasteiger partial charge in [0, 0.05) is 32.7 Å². The smallest absolute Gasteiger partial charge is 0.146 e. The second-order valence-electron chi connectivity index (χ2n) is 5.76. The van der Waals surface area contributed by atoms with Gasteiger partial charge in [-0.25, -0.2) is 4.39 Å². The molecule has 1 fully saturated rings. The van der Waals surface area contributed by atoms with Crippen LogP contribution in [0, 0.1) is 17.1 Å². The van der Waals surface area contributed by atoms with Crippen LogP contribution in [-0.2, 0) is 0 Å². The average Bonchev–Trinajstić information content (AvgIpc) is 2.63. The summed E-state index contributed by atoms with van der Waals surface area (Å²) in [5.41, 5.74) is 1.32. The molecule has 0 N–H and O–H groups in total. The van der Waals surface area contributed by atoms with E-state index >= 15 is 0 Å². The van der Waals surface area contributed by atoms with Crippen LogP contribution in [0.3, 0.4) is 0 Å². The van der Waals surface area contributed by atoms with Crippen molar-refractivity contribution in [2.45, 2.75) is 0 Å². The van der Waals surface area contributed by atoms with Crippen molar-refractivity contribution in [2.24, 2.45) is 0 Å². The Labute approximate surface area is 141 Å². The molecule has 0 unspecified atom stereocenters. The summed E-state index contributed by atoms with van der Waals surface area (Å²) in [6.45, 7) is 4.86. The number of ether oxygens (including phenoxy) is 1. The van der Waals surface area contributed by atoms with Gasteiger partial charge in [0.05, 0.1) is 17.3 Å². The standard InChI is InChI=1S/C19H20FN3O/c20-18-3-1-2-4-19(18)23-11-9-22(10-12-23)13-14-24-17-7-5-16(15-21)6-8-17/h1-8H,9-14H2. The fraction of sp³-hybridized carbons (Fsp3) is 0.316.